The standard InChI is InChI=1S/C14H21N5/c1-4-19-13-12(11(3)17-19)15-9-16-14(13)18-7-5-10(2)6-8-18/h9-10H,4-8H2,1-3H3. The third kappa shape index (κ3) is 2.07. The molecule has 0 radical (unpaired) electrons. The number of aromatic nitrogens is 4. The lowest BCUT2D eigenvalue weighted by Crippen LogP contribution is -2.33. The van der Waals surface area contributed by atoms with Crippen molar-refractivity contribution in [2.45, 2.75) is 40.2 Å². The molecule has 1 fully saturated rings. The number of nitrogens with zero attached hydrogens (tertiary/aromatic N) is 5. The Hall–Kier alpha value is -1.65. The van der Waals surface area contributed by atoms with Crippen LogP contribution in [-0.2, 0) is 6.54 Å². The molecule has 3 rings (SSSR count). The maximum Gasteiger partial charge on any atom is 0.158 e. The van der Waals surface area contributed by atoms with E-state index in [4.69, 9.17) is 0 Å². The highest BCUT2D eigenvalue weighted by Crippen LogP contribution is 2.28. The summed E-state index contributed by atoms with van der Waals surface area (Å²) in [7, 11) is 0. The Morgan fingerprint density at radius 3 is 2.68 bits per heavy atom. The van der Waals surface area contributed by atoms with Crippen LogP contribution in [0.4, 0.5) is 5.82 Å². The van der Waals surface area contributed by atoms with Crippen LogP contribution >= 0.6 is 0 Å². The summed E-state index contributed by atoms with van der Waals surface area (Å²) in [6.45, 7) is 9.48. The van der Waals surface area contributed by atoms with Crippen molar-refractivity contribution in [2.24, 2.45) is 5.92 Å². The summed E-state index contributed by atoms with van der Waals surface area (Å²) in [5.74, 6) is 1.88. The first kappa shape index (κ1) is 12.4. The van der Waals surface area contributed by atoms with Gasteiger partial charge in [0.2, 0.25) is 0 Å². The van der Waals surface area contributed by atoms with E-state index in [2.05, 4.69) is 33.8 Å². The van der Waals surface area contributed by atoms with E-state index in [1.54, 1.807) is 6.33 Å². The topological polar surface area (TPSA) is 46.8 Å². The van der Waals surface area contributed by atoms with Gasteiger partial charge >= 0.3 is 0 Å². The van der Waals surface area contributed by atoms with Gasteiger partial charge in [0.05, 0.1) is 5.69 Å². The Kier molecular flexibility index (Phi) is 3.12. The minimum atomic E-state index is 0.825. The second-order valence-electron chi connectivity index (χ2n) is 5.47. The molecule has 1 aliphatic rings. The third-order valence-electron chi connectivity index (χ3n) is 4.06. The molecule has 0 spiro atoms. The molecule has 102 valence electrons. The van der Waals surface area contributed by atoms with Crippen LogP contribution < -0.4 is 4.90 Å². The zero-order valence-electron chi connectivity index (χ0n) is 11.9. The number of piperidine rings is 1. The van der Waals surface area contributed by atoms with Crippen molar-refractivity contribution in [3.8, 4) is 0 Å². The van der Waals surface area contributed by atoms with Gasteiger partial charge in [0.15, 0.2) is 5.82 Å². The third-order valence-corrected chi connectivity index (χ3v) is 4.06. The molecule has 5 nitrogen and oxygen atoms in total. The summed E-state index contributed by atoms with van der Waals surface area (Å²) in [6, 6.07) is 0. The highest BCUT2D eigenvalue weighted by atomic mass is 15.3. The van der Waals surface area contributed by atoms with Crippen molar-refractivity contribution in [1.29, 1.82) is 0 Å². The van der Waals surface area contributed by atoms with Crippen LogP contribution in [0.3, 0.4) is 0 Å². The number of rotatable bonds is 2. The van der Waals surface area contributed by atoms with Crippen molar-refractivity contribution in [2.75, 3.05) is 18.0 Å². The maximum atomic E-state index is 4.57. The smallest absolute Gasteiger partial charge is 0.158 e. The second kappa shape index (κ2) is 4.79. The Morgan fingerprint density at radius 1 is 1.26 bits per heavy atom. The molecule has 1 aliphatic heterocycles. The number of hydrogen-bond acceptors (Lipinski definition) is 4. The van der Waals surface area contributed by atoms with Gasteiger partial charge in [-0.2, -0.15) is 5.10 Å². The van der Waals surface area contributed by atoms with E-state index in [1.807, 2.05) is 11.6 Å². The van der Waals surface area contributed by atoms with Crippen molar-refractivity contribution >= 4 is 16.9 Å². The fraction of sp³-hybridized carbons (Fsp3) is 0.643. The first-order valence-electron chi connectivity index (χ1n) is 7.13. The van der Waals surface area contributed by atoms with E-state index in [0.29, 0.717) is 0 Å². The monoisotopic (exact) mass is 259 g/mol. The Balaban J connectivity index is 2.08. The van der Waals surface area contributed by atoms with E-state index in [-0.39, 0.29) is 0 Å². The molecule has 0 aliphatic carbocycles. The summed E-state index contributed by atoms with van der Waals surface area (Å²) in [5, 5.41) is 4.57. The van der Waals surface area contributed by atoms with Crippen LogP contribution in [0.15, 0.2) is 6.33 Å². The van der Waals surface area contributed by atoms with Crippen molar-refractivity contribution in [3.63, 3.8) is 0 Å². The van der Waals surface area contributed by atoms with Gasteiger partial charge in [0.25, 0.3) is 0 Å². The SMILES string of the molecule is CCn1nc(C)c2ncnc(N3CCC(C)CC3)c21. The maximum absolute atomic E-state index is 4.57. The zero-order chi connectivity index (χ0) is 13.4. The number of aryl methyl sites for hydroxylation is 2. The lowest BCUT2D eigenvalue weighted by atomic mass is 9.99. The molecule has 2 aromatic rings. The quantitative estimate of drug-likeness (QED) is 0.831. The van der Waals surface area contributed by atoms with Crippen LogP contribution in [0.5, 0.6) is 0 Å². The van der Waals surface area contributed by atoms with Crippen molar-refractivity contribution < 1.29 is 0 Å². The fourth-order valence-corrected chi connectivity index (χ4v) is 2.83. The zero-order valence-corrected chi connectivity index (χ0v) is 11.9. The van der Waals surface area contributed by atoms with Gasteiger partial charge < -0.3 is 4.90 Å². The summed E-state index contributed by atoms with van der Waals surface area (Å²) >= 11 is 0. The molecule has 0 amide bonds. The minimum absolute atomic E-state index is 0.825. The first-order valence-corrected chi connectivity index (χ1v) is 7.13. The number of anilines is 1. The Labute approximate surface area is 113 Å². The molecular formula is C14H21N5. The van der Waals surface area contributed by atoms with Gasteiger partial charge in [0.1, 0.15) is 17.4 Å². The summed E-state index contributed by atoms with van der Waals surface area (Å²) in [5.41, 5.74) is 3.08. The molecule has 2 aromatic heterocycles. The number of hydrogen-bond donors (Lipinski definition) is 0. The van der Waals surface area contributed by atoms with Crippen LogP contribution in [-0.4, -0.2) is 32.8 Å². The summed E-state index contributed by atoms with van der Waals surface area (Å²) in [6.07, 6.45) is 4.15. The van der Waals surface area contributed by atoms with E-state index in [0.717, 1.165) is 48.1 Å². The predicted octanol–water partition coefficient (Wildman–Crippen LogP) is 2.39. The normalized spacial score (nSPS) is 17.3. The average molecular weight is 259 g/mol. The molecule has 0 atom stereocenters. The molecule has 0 aromatic carbocycles. The van der Waals surface area contributed by atoms with Gasteiger partial charge in [-0.05, 0) is 32.6 Å². The van der Waals surface area contributed by atoms with E-state index in [1.165, 1.54) is 12.8 Å². The highest BCUT2D eigenvalue weighted by molar-refractivity contribution is 5.87. The molecular weight excluding hydrogens is 238 g/mol. The molecule has 1 saturated heterocycles. The molecule has 3 heterocycles. The largest absolute Gasteiger partial charge is 0.355 e. The predicted molar refractivity (Wildman–Crippen MR) is 76.3 cm³/mol. The van der Waals surface area contributed by atoms with Gasteiger partial charge in [-0.3, -0.25) is 4.68 Å². The molecule has 19 heavy (non-hydrogen) atoms. The molecule has 5 heteroatoms. The summed E-state index contributed by atoms with van der Waals surface area (Å²) in [4.78, 5) is 11.3. The van der Waals surface area contributed by atoms with Gasteiger partial charge in [0, 0.05) is 19.6 Å². The Morgan fingerprint density at radius 2 is 2.00 bits per heavy atom. The highest BCUT2D eigenvalue weighted by Gasteiger charge is 2.21. The van der Waals surface area contributed by atoms with Crippen molar-refractivity contribution in [1.82, 2.24) is 19.7 Å². The van der Waals surface area contributed by atoms with Crippen LogP contribution in [0.1, 0.15) is 32.4 Å². The lowest BCUT2D eigenvalue weighted by Gasteiger charge is -2.31. The second-order valence-corrected chi connectivity index (χ2v) is 5.47. The molecule has 0 N–H and O–H groups in total. The first-order chi connectivity index (χ1) is 9.20. The summed E-state index contributed by atoms with van der Waals surface area (Å²) < 4.78 is 2.03. The minimum Gasteiger partial charge on any atom is -0.355 e. The molecule has 0 bridgehead atoms. The number of fused-ring (bicyclic) bond motifs is 1. The fourth-order valence-electron chi connectivity index (χ4n) is 2.83. The lowest BCUT2D eigenvalue weighted by molar-refractivity contribution is 0.436. The van der Waals surface area contributed by atoms with Gasteiger partial charge in [-0.15, -0.1) is 0 Å². The van der Waals surface area contributed by atoms with Gasteiger partial charge in [-0.1, -0.05) is 6.92 Å². The van der Waals surface area contributed by atoms with Crippen LogP contribution in [0.2, 0.25) is 0 Å². The van der Waals surface area contributed by atoms with E-state index < -0.39 is 0 Å². The molecule has 0 unspecified atom stereocenters. The average Bonchev–Trinajstić information content (AvgIpc) is 2.77. The molecule has 0 saturated carbocycles. The Bertz CT molecular complexity index is 581. The van der Waals surface area contributed by atoms with Crippen LogP contribution in [0.25, 0.3) is 11.0 Å². The van der Waals surface area contributed by atoms with E-state index in [9.17, 15) is 0 Å². The van der Waals surface area contributed by atoms with Crippen LogP contribution in [0, 0.1) is 12.8 Å². The van der Waals surface area contributed by atoms with E-state index >= 15 is 0 Å². The van der Waals surface area contributed by atoms with Crippen molar-refractivity contribution in [3.05, 3.63) is 12.0 Å². The van der Waals surface area contributed by atoms with Gasteiger partial charge in [-0.25, -0.2) is 9.97 Å².